The minimum Gasteiger partial charge on any atom is -0.259 e. The van der Waals surface area contributed by atoms with E-state index in [4.69, 9.17) is 0 Å². The Morgan fingerprint density at radius 2 is 2.29 bits per heavy atom. The minimum atomic E-state index is 0.596. The van der Waals surface area contributed by atoms with Gasteiger partial charge in [0.15, 0.2) is 0 Å². The summed E-state index contributed by atoms with van der Waals surface area (Å²) in [5.74, 6) is 1.68. The molecule has 17 heavy (non-hydrogen) atoms. The highest BCUT2D eigenvalue weighted by molar-refractivity contribution is 9.10. The van der Waals surface area contributed by atoms with E-state index in [9.17, 15) is 0 Å². The van der Waals surface area contributed by atoms with Crippen molar-refractivity contribution in [1.82, 2.24) is 19.7 Å². The van der Waals surface area contributed by atoms with Crippen LogP contribution in [0.15, 0.2) is 23.1 Å². The molecular weight excluding hydrogens is 280 g/mol. The van der Waals surface area contributed by atoms with Gasteiger partial charge in [-0.1, -0.05) is 0 Å². The summed E-state index contributed by atoms with van der Waals surface area (Å²) < 4.78 is 2.64. The Balaban J connectivity index is 1.89. The third kappa shape index (κ3) is 2.39. The first-order chi connectivity index (χ1) is 8.22. The molecule has 1 aliphatic carbocycles. The first kappa shape index (κ1) is 10.9. The zero-order chi connectivity index (χ0) is 11.8. The molecular formula is C12H13BrN4. The standard InChI is InChI=1S/C12H13BrN4/c1-8-4-5-14-10(6-8)7-17-11(9-2-3-9)15-12(13)16-17/h4-6,9H,2-3,7H2,1H3. The molecule has 2 aromatic heterocycles. The topological polar surface area (TPSA) is 43.6 Å². The van der Waals surface area contributed by atoms with Crippen molar-refractivity contribution in [3.63, 3.8) is 0 Å². The third-order valence-corrected chi connectivity index (χ3v) is 3.24. The Bertz CT molecular complexity index is 545. The normalized spacial score (nSPS) is 15.2. The minimum absolute atomic E-state index is 0.596. The van der Waals surface area contributed by atoms with Gasteiger partial charge in [0.05, 0.1) is 12.2 Å². The van der Waals surface area contributed by atoms with Crippen molar-refractivity contribution < 1.29 is 0 Å². The van der Waals surface area contributed by atoms with Gasteiger partial charge < -0.3 is 0 Å². The molecule has 3 rings (SSSR count). The molecule has 0 bridgehead atoms. The average molecular weight is 293 g/mol. The molecule has 0 unspecified atom stereocenters. The quantitative estimate of drug-likeness (QED) is 0.874. The second-order valence-electron chi connectivity index (χ2n) is 4.50. The smallest absolute Gasteiger partial charge is 0.217 e. The second kappa shape index (κ2) is 4.22. The number of rotatable bonds is 3. The van der Waals surface area contributed by atoms with Crippen LogP contribution in [0.2, 0.25) is 0 Å². The van der Waals surface area contributed by atoms with Crippen LogP contribution in [0.1, 0.15) is 35.8 Å². The van der Waals surface area contributed by atoms with E-state index in [-0.39, 0.29) is 0 Å². The van der Waals surface area contributed by atoms with E-state index in [0.29, 0.717) is 17.2 Å². The van der Waals surface area contributed by atoms with Gasteiger partial charge in [0.2, 0.25) is 4.73 Å². The molecule has 0 spiro atoms. The summed E-state index contributed by atoms with van der Waals surface area (Å²) >= 11 is 3.34. The Kier molecular flexibility index (Phi) is 2.70. The summed E-state index contributed by atoms with van der Waals surface area (Å²) in [6.45, 7) is 2.77. The summed E-state index contributed by atoms with van der Waals surface area (Å²) in [6, 6.07) is 4.09. The number of hydrogen-bond donors (Lipinski definition) is 0. The number of nitrogens with zero attached hydrogens (tertiary/aromatic N) is 4. The van der Waals surface area contributed by atoms with Crippen LogP contribution in [0.4, 0.5) is 0 Å². The summed E-state index contributed by atoms with van der Waals surface area (Å²) in [5, 5.41) is 4.38. The molecule has 0 aromatic carbocycles. The van der Waals surface area contributed by atoms with Crippen molar-refractivity contribution in [2.45, 2.75) is 32.2 Å². The largest absolute Gasteiger partial charge is 0.259 e. The van der Waals surface area contributed by atoms with Crippen LogP contribution in [0.25, 0.3) is 0 Å². The molecule has 5 heteroatoms. The van der Waals surface area contributed by atoms with Gasteiger partial charge in [-0.15, -0.1) is 5.10 Å². The fraction of sp³-hybridized carbons (Fsp3) is 0.417. The van der Waals surface area contributed by atoms with Gasteiger partial charge in [-0.25, -0.2) is 9.67 Å². The highest BCUT2D eigenvalue weighted by Gasteiger charge is 2.29. The number of hydrogen-bond acceptors (Lipinski definition) is 3. The van der Waals surface area contributed by atoms with Crippen LogP contribution in [-0.2, 0) is 6.54 Å². The van der Waals surface area contributed by atoms with Crippen LogP contribution in [0.5, 0.6) is 0 Å². The first-order valence-corrected chi connectivity index (χ1v) is 6.53. The predicted molar refractivity (Wildman–Crippen MR) is 67.8 cm³/mol. The SMILES string of the molecule is Cc1ccnc(Cn2nc(Br)nc2C2CC2)c1. The lowest BCUT2D eigenvalue weighted by Gasteiger charge is -2.04. The molecule has 88 valence electrons. The van der Waals surface area contributed by atoms with Gasteiger partial charge >= 0.3 is 0 Å². The third-order valence-electron chi connectivity index (χ3n) is 2.90. The Morgan fingerprint density at radius 3 is 3.00 bits per heavy atom. The van der Waals surface area contributed by atoms with E-state index in [1.165, 1.54) is 18.4 Å². The summed E-state index contributed by atoms with van der Waals surface area (Å²) in [6.07, 6.45) is 4.30. The Labute approximate surface area is 108 Å². The molecule has 2 aromatic rings. The van der Waals surface area contributed by atoms with Gasteiger partial charge in [-0.2, -0.15) is 0 Å². The van der Waals surface area contributed by atoms with Gasteiger partial charge in [0.25, 0.3) is 0 Å². The van der Waals surface area contributed by atoms with Crippen molar-refractivity contribution in [3.05, 3.63) is 40.1 Å². The second-order valence-corrected chi connectivity index (χ2v) is 5.20. The zero-order valence-electron chi connectivity index (χ0n) is 9.60. The first-order valence-electron chi connectivity index (χ1n) is 5.74. The molecule has 0 N–H and O–H groups in total. The molecule has 1 aliphatic rings. The van der Waals surface area contributed by atoms with Crippen LogP contribution >= 0.6 is 15.9 Å². The van der Waals surface area contributed by atoms with E-state index < -0.39 is 0 Å². The highest BCUT2D eigenvalue weighted by atomic mass is 79.9. The van der Waals surface area contributed by atoms with Crippen LogP contribution < -0.4 is 0 Å². The lowest BCUT2D eigenvalue weighted by molar-refractivity contribution is 0.626. The monoisotopic (exact) mass is 292 g/mol. The van der Waals surface area contributed by atoms with E-state index in [0.717, 1.165) is 11.5 Å². The van der Waals surface area contributed by atoms with Crippen molar-refractivity contribution in [1.29, 1.82) is 0 Å². The average Bonchev–Trinajstić information content (AvgIpc) is 3.04. The van der Waals surface area contributed by atoms with E-state index in [2.05, 4.69) is 44.0 Å². The van der Waals surface area contributed by atoms with Crippen molar-refractivity contribution in [2.24, 2.45) is 0 Å². The lowest BCUT2D eigenvalue weighted by Crippen LogP contribution is -2.07. The van der Waals surface area contributed by atoms with E-state index in [1.54, 1.807) is 0 Å². The molecule has 0 saturated heterocycles. The van der Waals surface area contributed by atoms with E-state index >= 15 is 0 Å². The Morgan fingerprint density at radius 1 is 1.47 bits per heavy atom. The molecule has 0 amide bonds. The Hall–Kier alpha value is -1.23. The molecule has 1 saturated carbocycles. The maximum atomic E-state index is 4.43. The number of halogens is 1. The highest BCUT2D eigenvalue weighted by Crippen LogP contribution is 2.39. The van der Waals surface area contributed by atoms with Crippen LogP contribution in [0, 0.1) is 6.92 Å². The molecule has 2 heterocycles. The van der Waals surface area contributed by atoms with Crippen molar-refractivity contribution in [2.75, 3.05) is 0 Å². The lowest BCUT2D eigenvalue weighted by atomic mass is 10.2. The molecule has 4 nitrogen and oxygen atoms in total. The maximum Gasteiger partial charge on any atom is 0.217 e. The van der Waals surface area contributed by atoms with Gasteiger partial charge in [0.1, 0.15) is 5.82 Å². The molecule has 0 atom stereocenters. The summed E-state index contributed by atoms with van der Waals surface area (Å²) in [7, 11) is 0. The van der Waals surface area contributed by atoms with Crippen LogP contribution in [0.3, 0.4) is 0 Å². The zero-order valence-corrected chi connectivity index (χ0v) is 11.2. The fourth-order valence-corrected chi connectivity index (χ4v) is 2.30. The number of aromatic nitrogens is 4. The molecule has 0 aliphatic heterocycles. The van der Waals surface area contributed by atoms with Crippen LogP contribution in [-0.4, -0.2) is 19.7 Å². The summed E-state index contributed by atoms with van der Waals surface area (Å²) in [5.41, 5.74) is 2.26. The molecule has 1 fully saturated rings. The van der Waals surface area contributed by atoms with Crippen molar-refractivity contribution in [3.8, 4) is 0 Å². The van der Waals surface area contributed by atoms with Gasteiger partial charge in [-0.05, 0) is 53.4 Å². The summed E-state index contributed by atoms with van der Waals surface area (Å²) in [4.78, 5) is 8.79. The predicted octanol–water partition coefficient (Wildman–Crippen LogP) is 2.67. The van der Waals surface area contributed by atoms with E-state index in [1.807, 2.05) is 16.9 Å². The van der Waals surface area contributed by atoms with Gasteiger partial charge in [-0.3, -0.25) is 4.98 Å². The molecule has 0 radical (unpaired) electrons. The van der Waals surface area contributed by atoms with Crippen molar-refractivity contribution >= 4 is 15.9 Å². The fourth-order valence-electron chi connectivity index (χ4n) is 1.92. The maximum absolute atomic E-state index is 4.43. The van der Waals surface area contributed by atoms with Gasteiger partial charge in [0, 0.05) is 12.1 Å². The number of pyridine rings is 1. The number of aryl methyl sites for hydroxylation is 1.